The van der Waals surface area contributed by atoms with E-state index in [4.69, 9.17) is 4.74 Å². The number of nitro groups is 1. The van der Waals surface area contributed by atoms with Crippen LogP contribution in [0.2, 0.25) is 0 Å². The first-order valence-electron chi connectivity index (χ1n) is 7.67. The van der Waals surface area contributed by atoms with Crippen molar-refractivity contribution in [3.63, 3.8) is 0 Å². The van der Waals surface area contributed by atoms with Crippen LogP contribution in [0.1, 0.15) is 31.2 Å². The molecule has 2 heterocycles. The van der Waals surface area contributed by atoms with Gasteiger partial charge in [-0.15, -0.1) is 4.37 Å². The molecule has 2 aromatic rings. The van der Waals surface area contributed by atoms with Crippen LogP contribution >= 0.6 is 11.7 Å². The van der Waals surface area contributed by atoms with E-state index in [-0.39, 0.29) is 5.69 Å². The summed E-state index contributed by atoms with van der Waals surface area (Å²) in [5, 5.41) is 10.7. The summed E-state index contributed by atoms with van der Waals surface area (Å²) >= 11 is 1.15. The maximum Gasteiger partial charge on any atom is 0.271 e. The van der Waals surface area contributed by atoms with Crippen LogP contribution in [-0.2, 0) is 6.61 Å². The molecule has 0 bridgehead atoms. The Labute approximate surface area is 138 Å². The van der Waals surface area contributed by atoms with E-state index in [0.717, 1.165) is 36.2 Å². The van der Waals surface area contributed by atoms with Crippen LogP contribution in [0.15, 0.2) is 24.3 Å². The van der Waals surface area contributed by atoms with Crippen molar-refractivity contribution < 1.29 is 9.66 Å². The van der Waals surface area contributed by atoms with Gasteiger partial charge in [0.15, 0.2) is 0 Å². The second-order valence-corrected chi connectivity index (χ2v) is 6.03. The van der Waals surface area contributed by atoms with E-state index in [1.807, 2.05) is 0 Å². The summed E-state index contributed by atoms with van der Waals surface area (Å²) in [4.78, 5) is 12.5. The summed E-state index contributed by atoms with van der Waals surface area (Å²) in [6.45, 7) is 2.29. The highest BCUT2D eigenvalue weighted by Crippen LogP contribution is 2.28. The zero-order chi connectivity index (χ0) is 16.1. The van der Waals surface area contributed by atoms with Crippen molar-refractivity contribution in [2.75, 3.05) is 18.0 Å². The van der Waals surface area contributed by atoms with Gasteiger partial charge in [0.2, 0.25) is 5.82 Å². The number of nitrogens with zero attached hydrogens (tertiary/aromatic N) is 4. The highest BCUT2D eigenvalue weighted by Gasteiger charge is 2.18. The molecule has 0 saturated carbocycles. The fourth-order valence-electron chi connectivity index (χ4n) is 2.61. The molecule has 0 amide bonds. The smallest absolute Gasteiger partial charge is 0.271 e. The molecule has 8 heteroatoms. The minimum Gasteiger partial charge on any atom is -0.470 e. The van der Waals surface area contributed by atoms with Gasteiger partial charge in [0.05, 0.1) is 16.7 Å². The molecule has 0 atom stereocenters. The molecule has 122 valence electrons. The SMILES string of the molecule is O=[N+]([O-])c1ccc(COc2nsnc2N2CCCCCC2)cc1. The first-order chi connectivity index (χ1) is 11.2. The molecule has 1 fully saturated rings. The topological polar surface area (TPSA) is 81.4 Å². The highest BCUT2D eigenvalue weighted by atomic mass is 32.1. The number of aromatic nitrogens is 2. The lowest BCUT2D eigenvalue weighted by Gasteiger charge is -2.20. The second-order valence-electron chi connectivity index (χ2n) is 5.51. The third-order valence-electron chi connectivity index (χ3n) is 3.87. The van der Waals surface area contributed by atoms with E-state index >= 15 is 0 Å². The quantitative estimate of drug-likeness (QED) is 0.616. The van der Waals surface area contributed by atoms with Crippen LogP contribution in [0.25, 0.3) is 0 Å². The van der Waals surface area contributed by atoms with Gasteiger partial charge in [-0.05, 0) is 30.5 Å². The molecule has 7 nitrogen and oxygen atoms in total. The van der Waals surface area contributed by atoms with Gasteiger partial charge in [-0.1, -0.05) is 12.8 Å². The molecule has 0 unspecified atom stereocenters. The van der Waals surface area contributed by atoms with Crippen molar-refractivity contribution in [1.29, 1.82) is 0 Å². The van der Waals surface area contributed by atoms with Crippen LogP contribution in [0, 0.1) is 10.1 Å². The predicted octanol–water partition coefficient (Wildman–Crippen LogP) is 3.41. The third-order valence-corrected chi connectivity index (χ3v) is 4.37. The van der Waals surface area contributed by atoms with Gasteiger partial charge >= 0.3 is 0 Å². The molecule has 0 spiro atoms. The lowest BCUT2D eigenvalue weighted by molar-refractivity contribution is -0.384. The minimum absolute atomic E-state index is 0.0781. The molecule has 1 aromatic carbocycles. The molecular weight excluding hydrogens is 316 g/mol. The Bertz CT molecular complexity index is 651. The van der Waals surface area contributed by atoms with Crippen molar-refractivity contribution in [2.45, 2.75) is 32.3 Å². The number of rotatable bonds is 5. The number of nitro benzene ring substituents is 1. The molecule has 0 aliphatic carbocycles. The second kappa shape index (κ2) is 7.36. The summed E-state index contributed by atoms with van der Waals surface area (Å²) in [6, 6.07) is 6.36. The number of anilines is 1. The van der Waals surface area contributed by atoms with E-state index < -0.39 is 4.92 Å². The molecule has 1 aliphatic heterocycles. The Morgan fingerprint density at radius 2 is 1.83 bits per heavy atom. The van der Waals surface area contributed by atoms with Crippen LogP contribution in [0.3, 0.4) is 0 Å². The number of hydrogen-bond donors (Lipinski definition) is 0. The van der Waals surface area contributed by atoms with Crippen molar-refractivity contribution in [2.24, 2.45) is 0 Å². The lowest BCUT2D eigenvalue weighted by atomic mass is 10.2. The summed E-state index contributed by atoms with van der Waals surface area (Å²) < 4.78 is 14.4. The molecule has 0 N–H and O–H groups in total. The van der Waals surface area contributed by atoms with Gasteiger partial charge in [0.1, 0.15) is 6.61 Å². The van der Waals surface area contributed by atoms with Crippen molar-refractivity contribution in [1.82, 2.24) is 8.75 Å². The lowest BCUT2D eigenvalue weighted by Crippen LogP contribution is -2.24. The maximum absolute atomic E-state index is 10.7. The minimum atomic E-state index is -0.410. The molecule has 23 heavy (non-hydrogen) atoms. The number of ether oxygens (including phenoxy) is 1. The summed E-state index contributed by atoms with van der Waals surface area (Å²) in [5.41, 5.74) is 0.944. The maximum atomic E-state index is 10.7. The van der Waals surface area contributed by atoms with Gasteiger partial charge < -0.3 is 9.64 Å². The van der Waals surface area contributed by atoms with Crippen LogP contribution in [-0.4, -0.2) is 26.8 Å². The fraction of sp³-hybridized carbons (Fsp3) is 0.467. The Kier molecular flexibility index (Phi) is 5.02. The van der Waals surface area contributed by atoms with Crippen LogP contribution < -0.4 is 9.64 Å². The standard InChI is InChI=1S/C15H18N4O3S/c20-19(21)13-7-5-12(6-8-13)11-22-15-14(16-23-17-15)18-9-3-1-2-4-10-18/h5-8H,1-4,9-11H2. The van der Waals surface area contributed by atoms with Gasteiger partial charge in [-0.3, -0.25) is 10.1 Å². The summed E-state index contributed by atoms with van der Waals surface area (Å²) in [6.07, 6.45) is 4.85. The number of hydrogen-bond acceptors (Lipinski definition) is 7. The van der Waals surface area contributed by atoms with Crippen molar-refractivity contribution >= 4 is 23.2 Å². The van der Waals surface area contributed by atoms with Crippen LogP contribution in [0.4, 0.5) is 11.5 Å². The zero-order valence-corrected chi connectivity index (χ0v) is 13.5. The number of benzene rings is 1. The number of non-ortho nitro benzene ring substituents is 1. The van der Waals surface area contributed by atoms with Crippen LogP contribution in [0.5, 0.6) is 5.88 Å². The van der Waals surface area contributed by atoms with Crippen molar-refractivity contribution in [3.8, 4) is 5.88 Å². The summed E-state index contributed by atoms with van der Waals surface area (Å²) in [5.74, 6) is 1.37. The van der Waals surface area contributed by atoms with E-state index in [0.29, 0.717) is 12.5 Å². The highest BCUT2D eigenvalue weighted by molar-refractivity contribution is 6.99. The molecule has 1 aliphatic rings. The van der Waals surface area contributed by atoms with E-state index in [9.17, 15) is 10.1 Å². The zero-order valence-electron chi connectivity index (χ0n) is 12.7. The average molecular weight is 334 g/mol. The van der Waals surface area contributed by atoms with E-state index in [1.165, 1.54) is 37.8 Å². The molecule has 3 rings (SSSR count). The van der Waals surface area contributed by atoms with Gasteiger partial charge in [-0.2, -0.15) is 4.37 Å². The largest absolute Gasteiger partial charge is 0.470 e. The Morgan fingerprint density at radius 3 is 2.48 bits per heavy atom. The Morgan fingerprint density at radius 1 is 1.13 bits per heavy atom. The normalized spacial score (nSPS) is 15.2. The van der Waals surface area contributed by atoms with Gasteiger partial charge in [0.25, 0.3) is 11.6 Å². The summed E-state index contributed by atoms with van der Waals surface area (Å²) in [7, 11) is 0. The fourth-order valence-corrected chi connectivity index (χ4v) is 3.13. The molecule has 1 saturated heterocycles. The van der Waals surface area contributed by atoms with E-state index in [1.54, 1.807) is 12.1 Å². The van der Waals surface area contributed by atoms with E-state index in [2.05, 4.69) is 13.6 Å². The first kappa shape index (κ1) is 15.7. The Hall–Kier alpha value is -2.22. The molecule has 0 radical (unpaired) electrons. The third kappa shape index (κ3) is 3.95. The molecule has 1 aromatic heterocycles. The van der Waals surface area contributed by atoms with Gasteiger partial charge in [0, 0.05) is 25.2 Å². The average Bonchev–Trinajstić information content (AvgIpc) is 2.86. The van der Waals surface area contributed by atoms with Crippen molar-refractivity contribution in [3.05, 3.63) is 39.9 Å². The first-order valence-corrected chi connectivity index (χ1v) is 8.41. The Balaban J connectivity index is 1.64. The predicted molar refractivity (Wildman–Crippen MR) is 88.0 cm³/mol. The molecular formula is C15H18N4O3S. The van der Waals surface area contributed by atoms with Gasteiger partial charge in [-0.25, -0.2) is 0 Å². The monoisotopic (exact) mass is 334 g/mol.